The van der Waals surface area contributed by atoms with Crippen LogP contribution in [-0.4, -0.2) is 22.4 Å². The average Bonchev–Trinajstić information content (AvgIpc) is 2.28. The summed E-state index contributed by atoms with van der Waals surface area (Å²) in [5.74, 6) is 0.228. The SMILES string of the molecule is CCC(O)C(O)CC(C)c1ccccc1Br. The molecule has 0 spiro atoms. The predicted molar refractivity (Wildman–Crippen MR) is 69.5 cm³/mol. The van der Waals surface area contributed by atoms with E-state index >= 15 is 0 Å². The van der Waals surface area contributed by atoms with Crippen LogP contribution < -0.4 is 0 Å². The van der Waals surface area contributed by atoms with Crippen LogP contribution in [0.4, 0.5) is 0 Å². The summed E-state index contributed by atoms with van der Waals surface area (Å²) in [6.45, 7) is 3.93. The third-order valence-corrected chi connectivity index (χ3v) is 3.62. The summed E-state index contributed by atoms with van der Waals surface area (Å²) in [5, 5.41) is 19.3. The zero-order valence-corrected chi connectivity index (χ0v) is 11.3. The summed E-state index contributed by atoms with van der Waals surface area (Å²) < 4.78 is 1.06. The maximum absolute atomic E-state index is 9.78. The summed E-state index contributed by atoms with van der Waals surface area (Å²) in [6.07, 6.45) is -0.0985. The van der Waals surface area contributed by atoms with Crippen LogP contribution >= 0.6 is 15.9 Å². The molecule has 90 valence electrons. The quantitative estimate of drug-likeness (QED) is 0.873. The molecule has 16 heavy (non-hydrogen) atoms. The highest BCUT2D eigenvalue weighted by molar-refractivity contribution is 9.10. The van der Waals surface area contributed by atoms with Crippen molar-refractivity contribution in [2.75, 3.05) is 0 Å². The first-order valence-electron chi connectivity index (χ1n) is 5.66. The monoisotopic (exact) mass is 286 g/mol. The summed E-state index contributed by atoms with van der Waals surface area (Å²) >= 11 is 3.50. The van der Waals surface area contributed by atoms with Gasteiger partial charge in [-0.2, -0.15) is 0 Å². The Bertz CT molecular complexity index is 327. The molecule has 0 heterocycles. The minimum atomic E-state index is -0.646. The van der Waals surface area contributed by atoms with Gasteiger partial charge in [0.1, 0.15) is 0 Å². The van der Waals surface area contributed by atoms with Crippen molar-refractivity contribution in [3.63, 3.8) is 0 Å². The third kappa shape index (κ3) is 3.58. The lowest BCUT2D eigenvalue weighted by atomic mass is 9.92. The van der Waals surface area contributed by atoms with E-state index in [0.29, 0.717) is 12.8 Å². The van der Waals surface area contributed by atoms with Crippen LogP contribution in [-0.2, 0) is 0 Å². The molecule has 0 saturated heterocycles. The minimum absolute atomic E-state index is 0.228. The summed E-state index contributed by atoms with van der Waals surface area (Å²) in [4.78, 5) is 0. The van der Waals surface area contributed by atoms with Crippen molar-refractivity contribution in [3.8, 4) is 0 Å². The number of benzene rings is 1. The van der Waals surface area contributed by atoms with E-state index in [2.05, 4.69) is 22.9 Å². The molecular weight excluding hydrogens is 268 g/mol. The Morgan fingerprint density at radius 1 is 1.19 bits per heavy atom. The molecule has 0 amide bonds. The number of hydrogen-bond donors (Lipinski definition) is 2. The molecule has 0 aromatic heterocycles. The van der Waals surface area contributed by atoms with Gasteiger partial charge in [0.15, 0.2) is 0 Å². The van der Waals surface area contributed by atoms with E-state index in [-0.39, 0.29) is 5.92 Å². The van der Waals surface area contributed by atoms with E-state index in [0.717, 1.165) is 4.47 Å². The fourth-order valence-electron chi connectivity index (χ4n) is 1.79. The van der Waals surface area contributed by atoms with Crippen LogP contribution in [0, 0.1) is 0 Å². The van der Waals surface area contributed by atoms with Gasteiger partial charge < -0.3 is 10.2 Å². The van der Waals surface area contributed by atoms with E-state index < -0.39 is 12.2 Å². The molecule has 3 atom stereocenters. The van der Waals surface area contributed by atoms with E-state index in [1.807, 2.05) is 31.2 Å². The zero-order chi connectivity index (χ0) is 12.1. The van der Waals surface area contributed by atoms with Gasteiger partial charge in [0.05, 0.1) is 12.2 Å². The smallest absolute Gasteiger partial charge is 0.0804 e. The van der Waals surface area contributed by atoms with Crippen LogP contribution in [0.25, 0.3) is 0 Å². The molecule has 0 aliphatic rings. The predicted octanol–water partition coefficient (Wildman–Crippen LogP) is 3.07. The fraction of sp³-hybridized carbons (Fsp3) is 0.538. The second-order valence-electron chi connectivity index (χ2n) is 4.20. The molecular formula is C13H19BrO2. The van der Waals surface area contributed by atoms with Crippen molar-refractivity contribution in [1.29, 1.82) is 0 Å². The van der Waals surface area contributed by atoms with Crippen LogP contribution in [0.5, 0.6) is 0 Å². The zero-order valence-electron chi connectivity index (χ0n) is 9.73. The molecule has 0 fully saturated rings. The molecule has 2 N–H and O–H groups in total. The maximum atomic E-state index is 9.78. The van der Waals surface area contributed by atoms with Gasteiger partial charge in [-0.25, -0.2) is 0 Å². The number of aliphatic hydroxyl groups excluding tert-OH is 2. The topological polar surface area (TPSA) is 40.5 Å². The lowest BCUT2D eigenvalue weighted by Crippen LogP contribution is -2.26. The van der Waals surface area contributed by atoms with Gasteiger partial charge in [-0.15, -0.1) is 0 Å². The second kappa shape index (κ2) is 6.38. The molecule has 0 aliphatic heterocycles. The minimum Gasteiger partial charge on any atom is -0.390 e. The number of hydrogen-bond acceptors (Lipinski definition) is 2. The van der Waals surface area contributed by atoms with Gasteiger partial charge in [-0.05, 0) is 30.4 Å². The van der Waals surface area contributed by atoms with Gasteiger partial charge in [0.2, 0.25) is 0 Å². The molecule has 0 saturated carbocycles. The highest BCUT2D eigenvalue weighted by Crippen LogP contribution is 2.28. The molecule has 0 bridgehead atoms. The van der Waals surface area contributed by atoms with Gasteiger partial charge >= 0.3 is 0 Å². The first kappa shape index (κ1) is 13.7. The molecule has 1 aromatic rings. The Kier molecular flexibility index (Phi) is 5.46. The molecule has 3 unspecified atom stereocenters. The third-order valence-electron chi connectivity index (χ3n) is 2.89. The lowest BCUT2D eigenvalue weighted by Gasteiger charge is -2.21. The molecule has 1 aromatic carbocycles. The Morgan fingerprint density at radius 2 is 1.81 bits per heavy atom. The largest absolute Gasteiger partial charge is 0.390 e. The molecule has 0 aliphatic carbocycles. The van der Waals surface area contributed by atoms with Crippen molar-refractivity contribution in [3.05, 3.63) is 34.3 Å². The highest BCUT2D eigenvalue weighted by Gasteiger charge is 2.19. The van der Waals surface area contributed by atoms with Crippen molar-refractivity contribution in [2.45, 2.75) is 44.8 Å². The van der Waals surface area contributed by atoms with E-state index in [4.69, 9.17) is 0 Å². The standard InChI is InChI=1S/C13H19BrO2/c1-3-12(15)13(16)8-9(2)10-6-4-5-7-11(10)14/h4-7,9,12-13,15-16H,3,8H2,1-2H3. The van der Waals surface area contributed by atoms with Crippen LogP contribution in [0.15, 0.2) is 28.7 Å². The molecule has 0 radical (unpaired) electrons. The van der Waals surface area contributed by atoms with Crippen LogP contribution in [0.1, 0.15) is 38.2 Å². The average molecular weight is 287 g/mol. The van der Waals surface area contributed by atoms with Gasteiger partial charge in [0, 0.05) is 4.47 Å². The van der Waals surface area contributed by atoms with E-state index in [9.17, 15) is 10.2 Å². The summed E-state index contributed by atoms with van der Waals surface area (Å²) in [5.41, 5.74) is 1.17. The number of halogens is 1. The van der Waals surface area contributed by atoms with Gasteiger partial charge in [-0.3, -0.25) is 0 Å². The molecule has 2 nitrogen and oxygen atoms in total. The van der Waals surface area contributed by atoms with Crippen molar-refractivity contribution < 1.29 is 10.2 Å². The fourth-order valence-corrected chi connectivity index (χ4v) is 2.47. The summed E-state index contributed by atoms with van der Waals surface area (Å²) in [6, 6.07) is 7.99. The lowest BCUT2D eigenvalue weighted by molar-refractivity contribution is 0.00950. The Labute approximate surface area is 105 Å². The highest BCUT2D eigenvalue weighted by atomic mass is 79.9. The van der Waals surface area contributed by atoms with Crippen LogP contribution in [0.3, 0.4) is 0 Å². The van der Waals surface area contributed by atoms with Gasteiger partial charge in [0.25, 0.3) is 0 Å². The van der Waals surface area contributed by atoms with E-state index in [1.165, 1.54) is 5.56 Å². The van der Waals surface area contributed by atoms with Crippen molar-refractivity contribution in [2.24, 2.45) is 0 Å². The van der Waals surface area contributed by atoms with Crippen molar-refractivity contribution in [1.82, 2.24) is 0 Å². The Balaban J connectivity index is 2.65. The first-order valence-corrected chi connectivity index (χ1v) is 6.46. The first-order chi connectivity index (χ1) is 7.56. The number of aliphatic hydroxyl groups is 2. The van der Waals surface area contributed by atoms with Crippen molar-refractivity contribution >= 4 is 15.9 Å². The summed E-state index contributed by atoms with van der Waals surface area (Å²) in [7, 11) is 0. The normalized spacial score (nSPS) is 16.8. The van der Waals surface area contributed by atoms with E-state index in [1.54, 1.807) is 0 Å². The maximum Gasteiger partial charge on any atom is 0.0804 e. The Hall–Kier alpha value is -0.380. The molecule has 1 rings (SSSR count). The molecule has 3 heteroatoms. The van der Waals surface area contributed by atoms with Gasteiger partial charge in [-0.1, -0.05) is 48.0 Å². The number of rotatable bonds is 5. The Morgan fingerprint density at radius 3 is 2.38 bits per heavy atom. The van der Waals surface area contributed by atoms with Crippen LogP contribution in [0.2, 0.25) is 0 Å². The second-order valence-corrected chi connectivity index (χ2v) is 5.06.